The van der Waals surface area contributed by atoms with Gasteiger partial charge in [0.05, 0.1) is 50.0 Å². The number of carboxylic acids is 1. The zero-order valence-corrected chi connectivity index (χ0v) is 22.5. The van der Waals surface area contributed by atoms with Crippen LogP contribution >= 0.6 is 23.2 Å². The molecule has 0 saturated carbocycles. The van der Waals surface area contributed by atoms with Gasteiger partial charge in [-0.2, -0.15) is 0 Å². The normalized spacial score (nSPS) is 16.3. The minimum Gasteiger partial charge on any atom is -0.507 e. The van der Waals surface area contributed by atoms with Gasteiger partial charge in [0, 0.05) is 11.3 Å². The second-order valence-electron chi connectivity index (χ2n) is 8.43. The first-order chi connectivity index (χ1) is 18.6. The number of amides is 1. The first-order valence-corrected chi connectivity index (χ1v) is 12.2. The summed E-state index contributed by atoms with van der Waals surface area (Å²) in [7, 11) is 4.12. The molecule has 1 atom stereocenters. The van der Waals surface area contributed by atoms with Crippen LogP contribution in [0.2, 0.25) is 10.0 Å². The Balaban J connectivity index is 1.99. The number of rotatable bonds is 8. The first kappa shape index (κ1) is 27.8. The lowest BCUT2D eigenvalue weighted by Crippen LogP contribution is -2.29. The number of para-hydroxylation sites is 1. The number of aliphatic hydroxyl groups excluding tert-OH is 1. The van der Waals surface area contributed by atoms with Crippen molar-refractivity contribution >= 4 is 52.3 Å². The molecule has 39 heavy (non-hydrogen) atoms. The summed E-state index contributed by atoms with van der Waals surface area (Å²) < 4.78 is 16.2. The molecule has 1 heterocycles. The van der Waals surface area contributed by atoms with Crippen molar-refractivity contribution in [1.29, 1.82) is 0 Å². The summed E-state index contributed by atoms with van der Waals surface area (Å²) in [6.07, 6.45) is -0.214. The van der Waals surface area contributed by atoms with Gasteiger partial charge in [-0.05, 0) is 29.8 Å². The van der Waals surface area contributed by atoms with E-state index in [9.17, 15) is 19.5 Å². The van der Waals surface area contributed by atoms with E-state index in [2.05, 4.69) is 0 Å². The molecule has 0 spiro atoms. The molecule has 1 unspecified atom stereocenters. The zero-order chi connectivity index (χ0) is 28.4. The molecule has 1 fully saturated rings. The number of nitrogens with zero attached hydrogens (tertiary/aromatic N) is 1. The highest BCUT2D eigenvalue weighted by Crippen LogP contribution is 2.49. The SMILES string of the molecule is COc1ccccc1C1/C(=C(\O)c2cc(Cl)c(OC)c(Cl)c2OC)C(=O)C(=O)N1c1ccc(CC(=O)O)cc1. The van der Waals surface area contributed by atoms with E-state index in [-0.39, 0.29) is 39.1 Å². The van der Waals surface area contributed by atoms with Crippen LogP contribution in [0.4, 0.5) is 5.69 Å². The lowest BCUT2D eigenvalue weighted by atomic mass is 9.94. The number of hydrogen-bond acceptors (Lipinski definition) is 7. The molecule has 0 aliphatic carbocycles. The van der Waals surface area contributed by atoms with Crippen LogP contribution in [0.3, 0.4) is 0 Å². The predicted molar refractivity (Wildman–Crippen MR) is 145 cm³/mol. The van der Waals surface area contributed by atoms with Crippen molar-refractivity contribution in [3.63, 3.8) is 0 Å². The molecule has 1 aliphatic rings. The molecule has 0 radical (unpaired) electrons. The van der Waals surface area contributed by atoms with Gasteiger partial charge < -0.3 is 24.4 Å². The summed E-state index contributed by atoms with van der Waals surface area (Å²) in [5.74, 6) is -3.01. The van der Waals surface area contributed by atoms with Gasteiger partial charge in [-0.1, -0.05) is 53.5 Å². The lowest BCUT2D eigenvalue weighted by Gasteiger charge is -2.27. The highest BCUT2D eigenvalue weighted by molar-refractivity contribution is 6.52. The van der Waals surface area contributed by atoms with Crippen LogP contribution in [0.15, 0.2) is 60.2 Å². The fourth-order valence-corrected chi connectivity index (χ4v) is 5.21. The van der Waals surface area contributed by atoms with Crippen LogP contribution in [0.5, 0.6) is 17.2 Å². The van der Waals surface area contributed by atoms with E-state index < -0.39 is 29.5 Å². The maximum absolute atomic E-state index is 13.5. The summed E-state index contributed by atoms with van der Waals surface area (Å²) in [6.45, 7) is 0. The molecular formula is C28H23Cl2NO8. The minimum absolute atomic E-state index is 0.0154. The van der Waals surface area contributed by atoms with Gasteiger partial charge in [0.15, 0.2) is 11.5 Å². The van der Waals surface area contributed by atoms with Crippen molar-refractivity contribution < 1.29 is 38.8 Å². The molecule has 2 N–H and O–H groups in total. The third kappa shape index (κ3) is 4.98. The van der Waals surface area contributed by atoms with Gasteiger partial charge in [-0.15, -0.1) is 0 Å². The Kier molecular flexibility index (Phi) is 8.03. The van der Waals surface area contributed by atoms with Gasteiger partial charge in [0.1, 0.15) is 16.5 Å². The molecule has 0 aromatic heterocycles. The fraction of sp³-hybridized carbons (Fsp3) is 0.179. The van der Waals surface area contributed by atoms with Gasteiger partial charge >= 0.3 is 5.97 Å². The van der Waals surface area contributed by atoms with Crippen LogP contribution in [-0.2, 0) is 20.8 Å². The van der Waals surface area contributed by atoms with Gasteiger partial charge in [0.2, 0.25) is 0 Å². The van der Waals surface area contributed by atoms with E-state index in [1.807, 2.05) is 0 Å². The molecule has 0 bridgehead atoms. The number of hydrogen-bond donors (Lipinski definition) is 2. The largest absolute Gasteiger partial charge is 0.507 e. The molecule has 202 valence electrons. The Hall–Kier alpha value is -4.21. The maximum atomic E-state index is 13.5. The summed E-state index contributed by atoms with van der Waals surface area (Å²) in [4.78, 5) is 39.3. The van der Waals surface area contributed by atoms with E-state index in [1.165, 1.54) is 44.4 Å². The maximum Gasteiger partial charge on any atom is 0.307 e. The fourth-order valence-electron chi connectivity index (χ4n) is 4.53. The Morgan fingerprint density at radius 3 is 2.15 bits per heavy atom. The van der Waals surface area contributed by atoms with Crippen LogP contribution in [-0.4, -0.2) is 49.2 Å². The van der Waals surface area contributed by atoms with Crippen molar-refractivity contribution in [2.24, 2.45) is 0 Å². The quantitative estimate of drug-likeness (QED) is 0.213. The highest BCUT2D eigenvalue weighted by Gasteiger charge is 2.48. The van der Waals surface area contributed by atoms with E-state index in [0.717, 1.165) is 0 Å². The smallest absolute Gasteiger partial charge is 0.307 e. The molecule has 3 aromatic carbocycles. The second-order valence-corrected chi connectivity index (χ2v) is 9.22. The Morgan fingerprint density at radius 2 is 1.56 bits per heavy atom. The number of ketones is 1. The number of anilines is 1. The summed E-state index contributed by atoms with van der Waals surface area (Å²) in [5.41, 5.74) is 0.945. The summed E-state index contributed by atoms with van der Waals surface area (Å²) in [6, 6.07) is 13.1. The molecule has 1 aliphatic heterocycles. The van der Waals surface area contributed by atoms with E-state index >= 15 is 0 Å². The number of carboxylic acid groups (broad SMARTS) is 1. The Labute approximate surface area is 233 Å². The van der Waals surface area contributed by atoms with Crippen LogP contribution < -0.4 is 19.1 Å². The van der Waals surface area contributed by atoms with Crippen molar-refractivity contribution in [3.05, 3.63) is 86.9 Å². The van der Waals surface area contributed by atoms with Gasteiger partial charge in [-0.3, -0.25) is 19.3 Å². The molecule has 11 heteroatoms. The first-order valence-electron chi connectivity index (χ1n) is 11.5. The van der Waals surface area contributed by atoms with Crippen molar-refractivity contribution in [1.82, 2.24) is 0 Å². The van der Waals surface area contributed by atoms with E-state index in [0.29, 0.717) is 22.6 Å². The topological polar surface area (TPSA) is 123 Å². The predicted octanol–water partition coefficient (Wildman–Crippen LogP) is 5.27. The summed E-state index contributed by atoms with van der Waals surface area (Å²) >= 11 is 12.8. The Bertz CT molecular complexity index is 1500. The van der Waals surface area contributed by atoms with Crippen molar-refractivity contribution in [2.45, 2.75) is 12.5 Å². The number of carbonyl (C=O) groups excluding carboxylic acids is 2. The average molecular weight is 572 g/mol. The second kappa shape index (κ2) is 11.3. The van der Waals surface area contributed by atoms with Gasteiger partial charge in [0.25, 0.3) is 11.7 Å². The molecule has 1 amide bonds. The number of aliphatic hydroxyl groups is 1. The number of ether oxygens (including phenoxy) is 3. The number of benzene rings is 3. The van der Waals surface area contributed by atoms with Crippen molar-refractivity contribution in [2.75, 3.05) is 26.2 Å². The third-order valence-electron chi connectivity index (χ3n) is 6.24. The number of halogens is 2. The number of aliphatic carboxylic acids is 1. The van der Waals surface area contributed by atoms with Crippen LogP contribution in [0, 0.1) is 0 Å². The molecular weight excluding hydrogens is 549 g/mol. The zero-order valence-electron chi connectivity index (χ0n) is 21.0. The number of Topliss-reactive ketones (excluding diaryl/α,β-unsaturated/α-hetero) is 1. The monoisotopic (exact) mass is 571 g/mol. The molecule has 4 rings (SSSR count). The van der Waals surface area contributed by atoms with Crippen LogP contribution in [0.25, 0.3) is 5.76 Å². The molecule has 1 saturated heterocycles. The molecule has 3 aromatic rings. The lowest BCUT2D eigenvalue weighted by molar-refractivity contribution is -0.136. The Morgan fingerprint density at radius 1 is 0.923 bits per heavy atom. The molecule has 9 nitrogen and oxygen atoms in total. The van der Waals surface area contributed by atoms with Crippen molar-refractivity contribution in [3.8, 4) is 17.2 Å². The standard InChI is InChI=1S/C28H23Cl2NO8/c1-37-19-7-5-4-6-16(19)23-21(24(34)17-13-18(29)27(39-3)22(30)26(17)38-2)25(35)28(36)31(23)15-10-8-14(9-11-15)12-20(32)33/h4-11,13,23,34H,12H2,1-3H3,(H,32,33)/b24-21+. The van der Waals surface area contributed by atoms with Gasteiger partial charge in [-0.25, -0.2) is 0 Å². The number of methoxy groups -OCH3 is 3. The highest BCUT2D eigenvalue weighted by atomic mass is 35.5. The average Bonchev–Trinajstić information content (AvgIpc) is 3.18. The number of carbonyl (C=O) groups is 3. The van der Waals surface area contributed by atoms with Crippen LogP contribution in [0.1, 0.15) is 22.7 Å². The summed E-state index contributed by atoms with van der Waals surface area (Å²) in [5, 5.41) is 20.7. The minimum atomic E-state index is -1.13. The van der Waals surface area contributed by atoms with E-state index in [1.54, 1.807) is 36.4 Å². The third-order valence-corrected chi connectivity index (χ3v) is 6.87. The van der Waals surface area contributed by atoms with E-state index in [4.69, 9.17) is 42.5 Å².